The molecule has 0 fully saturated rings. The first kappa shape index (κ1) is 25.0. The number of halogens is 1. The molecule has 0 saturated heterocycles. The van der Waals surface area contributed by atoms with Gasteiger partial charge in [0.15, 0.2) is 0 Å². The van der Waals surface area contributed by atoms with Crippen LogP contribution in [0.1, 0.15) is 34.9 Å². The first-order chi connectivity index (χ1) is 15.7. The average molecular weight is 489 g/mol. The lowest BCUT2D eigenvalue weighted by atomic mass is 9.99. The van der Waals surface area contributed by atoms with Gasteiger partial charge in [-0.25, -0.2) is 0 Å². The number of amides is 1. The number of aliphatic imine (C=N–C) groups is 1. The van der Waals surface area contributed by atoms with Gasteiger partial charge in [0.05, 0.1) is 25.3 Å². The summed E-state index contributed by atoms with van der Waals surface area (Å²) in [5, 5.41) is 21.4. The SMILES string of the molecule is CC(=N)N1C(=N)[C@H](CC(=O)NCCOCCN)N=C(c2ccc(Cl)cc2)c2c1sc(C)c2C. The van der Waals surface area contributed by atoms with Crippen molar-refractivity contribution in [1.82, 2.24) is 5.32 Å². The summed E-state index contributed by atoms with van der Waals surface area (Å²) < 4.78 is 5.30. The minimum Gasteiger partial charge on any atom is -0.378 e. The second-order valence-corrected chi connectivity index (χ2v) is 9.36. The molecule has 5 N–H and O–H groups in total. The van der Waals surface area contributed by atoms with Crippen LogP contribution in [0.4, 0.5) is 5.00 Å². The molecule has 1 aliphatic rings. The normalized spacial score (nSPS) is 15.7. The van der Waals surface area contributed by atoms with Crippen molar-refractivity contribution in [3.63, 3.8) is 0 Å². The van der Waals surface area contributed by atoms with E-state index in [0.717, 1.165) is 26.6 Å². The Bertz CT molecular complexity index is 1080. The van der Waals surface area contributed by atoms with Gasteiger partial charge in [0.2, 0.25) is 5.91 Å². The average Bonchev–Trinajstić information content (AvgIpc) is 2.98. The molecule has 33 heavy (non-hydrogen) atoms. The van der Waals surface area contributed by atoms with Gasteiger partial charge in [0.25, 0.3) is 0 Å². The van der Waals surface area contributed by atoms with Crippen LogP contribution in [0.3, 0.4) is 0 Å². The third kappa shape index (κ3) is 5.67. The number of nitrogens with zero attached hydrogens (tertiary/aromatic N) is 2. The number of amidine groups is 2. The van der Waals surface area contributed by atoms with Crippen LogP contribution in [0.2, 0.25) is 5.02 Å². The van der Waals surface area contributed by atoms with Crippen molar-refractivity contribution in [2.75, 3.05) is 31.2 Å². The van der Waals surface area contributed by atoms with Gasteiger partial charge in [0.1, 0.15) is 22.7 Å². The number of aryl methyl sites for hydroxylation is 1. The summed E-state index contributed by atoms with van der Waals surface area (Å²) in [7, 11) is 0. The van der Waals surface area contributed by atoms with Crippen LogP contribution in [0.25, 0.3) is 0 Å². The lowest BCUT2D eigenvalue weighted by Crippen LogP contribution is -2.42. The van der Waals surface area contributed by atoms with E-state index in [9.17, 15) is 4.79 Å². The number of thiophene rings is 1. The summed E-state index contributed by atoms with van der Waals surface area (Å²) >= 11 is 7.63. The predicted octanol–water partition coefficient (Wildman–Crippen LogP) is 3.50. The fourth-order valence-electron chi connectivity index (χ4n) is 3.58. The Kier molecular flexibility index (Phi) is 8.36. The summed E-state index contributed by atoms with van der Waals surface area (Å²) in [5.74, 6) is 0.0696. The maximum atomic E-state index is 12.7. The third-order valence-corrected chi connectivity index (χ3v) is 6.76. The fourth-order valence-corrected chi connectivity index (χ4v) is 4.93. The Morgan fingerprint density at radius 3 is 2.64 bits per heavy atom. The number of nitrogens with two attached hydrogens (primary N) is 1. The van der Waals surface area contributed by atoms with Crippen molar-refractivity contribution < 1.29 is 9.53 Å². The van der Waals surface area contributed by atoms with Gasteiger partial charge in [-0.15, -0.1) is 11.3 Å². The van der Waals surface area contributed by atoms with E-state index in [2.05, 4.69) is 5.32 Å². The van der Waals surface area contributed by atoms with Gasteiger partial charge in [-0.2, -0.15) is 0 Å². The van der Waals surface area contributed by atoms with E-state index in [1.807, 2.05) is 26.0 Å². The van der Waals surface area contributed by atoms with Crippen LogP contribution in [-0.4, -0.2) is 55.6 Å². The second-order valence-electron chi connectivity index (χ2n) is 7.72. The molecule has 1 aromatic heterocycles. The number of anilines is 1. The molecule has 10 heteroatoms. The maximum absolute atomic E-state index is 12.7. The smallest absolute Gasteiger partial charge is 0.222 e. The topological polar surface area (TPSA) is 128 Å². The van der Waals surface area contributed by atoms with E-state index >= 15 is 0 Å². The second kappa shape index (κ2) is 11.0. The monoisotopic (exact) mass is 488 g/mol. The van der Waals surface area contributed by atoms with E-state index in [1.54, 1.807) is 24.0 Å². The summed E-state index contributed by atoms with van der Waals surface area (Å²) in [6.07, 6.45) is -0.0104. The Balaban J connectivity index is 2.00. The quantitative estimate of drug-likeness (QED) is 0.257. The van der Waals surface area contributed by atoms with Gasteiger partial charge >= 0.3 is 0 Å². The molecular formula is C23H29ClN6O2S. The molecule has 1 amide bonds. The van der Waals surface area contributed by atoms with E-state index < -0.39 is 6.04 Å². The fraction of sp³-hybridized carbons (Fsp3) is 0.391. The van der Waals surface area contributed by atoms with Gasteiger partial charge < -0.3 is 15.8 Å². The predicted molar refractivity (Wildman–Crippen MR) is 136 cm³/mol. The molecule has 0 aliphatic carbocycles. The summed E-state index contributed by atoms with van der Waals surface area (Å²) in [6.45, 7) is 7.27. The van der Waals surface area contributed by atoms with E-state index in [4.69, 9.17) is 37.9 Å². The summed E-state index contributed by atoms with van der Waals surface area (Å²) in [6, 6.07) is 6.62. The van der Waals surface area contributed by atoms with Crippen LogP contribution in [-0.2, 0) is 9.53 Å². The molecule has 0 radical (unpaired) electrons. The van der Waals surface area contributed by atoms with Crippen molar-refractivity contribution in [3.05, 3.63) is 50.9 Å². The number of carbonyl (C=O) groups is 1. The summed E-state index contributed by atoms with van der Waals surface area (Å²) in [5.41, 5.74) is 8.87. The number of fused-ring (bicyclic) bond motifs is 1. The first-order valence-corrected chi connectivity index (χ1v) is 11.9. The van der Waals surface area contributed by atoms with Crippen molar-refractivity contribution >= 4 is 51.2 Å². The Labute approximate surface area is 202 Å². The number of nitrogens with one attached hydrogen (secondary N) is 3. The lowest BCUT2D eigenvalue weighted by molar-refractivity contribution is -0.121. The highest BCUT2D eigenvalue weighted by Gasteiger charge is 2.34. The molecule has 0 bridgehead atoms. The molecule has 1 aliphatic heterocycles. The third-order valence-electron chi connectivity index (χ3n) is 5.31. The Hall–Kier alpha value is -2.59. The zero-order valence-corrected chi connectivity index (χ0v) is 20.6. The molecule has 2 aromatic rings. The summed E-state index contributed by atoms with van der Waals surface area (Å²) in [4.78, 5) is 20.2. The molecule has 3 rings (SSSR count). The van der Waals surface area contributed by atoms with Gasteiger partial charge in [-0.05, 0) is 38.5 Å². The zero-order valence-electron chi connectivity index (χ0n) is 19.0. The van der Waals surface area contributed by atoms with E-state index in [1.165, 1.54) is 11.3 Å². The highest BCUT2D eigenvalue weighted by atomic mass is 35.5. The van der Waals surface area contributed by atoms with Crippen LogP contribution in [0.15, 0.2) is 29.3 Å². The lowest BCUT2D eigenvalue weighted by Gasteiger charge is -2.24. The number of rotatable bonds is 8. The molecular weight excluding hydrogens is 460 g/mol. The Morgan fingerprint density at radius 2 is 2.00 bits per heavy atom. The van der Waals surface area contributed by atoms with Crippen LogP contribution in [0.5, 0.6) is 0 Å². The van der Waals surface area contributed by atoms with Crippen LogP contribution < -0.4 is 16.0 Å². The van der Waals surface area contributed by atoms with E-state index in [-0.39, 0.29) is 24.0 Å². The van der Waals surface area contributed by atoms with Crippen LogP contribution >= 0.6 is 22.9 Å². The van der Waals surface area contributed by atoms with Gasteiger partial charge in [-0.3, -0.25) is 25.5 Å². The molecule has 2 heterocycles. The van der Waals surface area contributed by atoms with Gasteiger partial charge in [0, 0.05) is 34.1 Å². The molecule has 0 saturated carbocycles. The molecule has 0 spiro atoms. The number of ether oxygens (including phenoxy) is 1. The molecule has 1 atom stereocenters. The zero-order chi connectivity index (χ0) is 24.1. The molecule has 176 valence electrons. The van der Waals surface area contributed by atoms with Crippen LogP contribution in [0, 0.1) is 24.7 Å². The first-order valence-electron chi connectivity index (χ1n) is 10.7. The number of hydrogen-bond acceptors (Lipinski definition) is 7. The van der Waals surface area contributed by atoms with Crippen molar-refractivity contribution in [2.24, 2.45) is 10.7 Å². The Morgan fingerprint density at radius 1 is 1.30 bits per heavy atom. The van der Waals surface area contributed by atoms with Gasteiger partial charge in [-0.1, -0.05) is 23.7 Å². The minimum atomic E-state index is -0.750. The minimum absolute atomic E-state index is 0.0104. The largest absolute Gasteiger partial charge is 0.378 e. The molecule has 8 nitrogen and oxygen atoms in total. The maximum Gasteiger partial charge on any atom is 0.222 e. The molecule has 0 unspecified atom stereocenters. The number of benzene rings is 1. The van der Waals surface area contributed by atoms with Crippen molar-refractivity contribution in [3.8, 4) is 0 Å². The van der Waals surface area contributed by atoms with Crippen molar-refractivity contribution in [2.45, 2.75) is 33.2 Å². The highest BCUT2D eigenvalue weighted by Crippen LogP contribution is 2.40. The van der Waals surface area contributed by atoms with Crippen molar-refractivity contribution in [1.29, 1.82) is 10.8 Å². The molecule has 1 aromatic carbocycles. The number of hydrogen-bond donors (Lipinski definition) is 4. The highest BCUT2D eigenvalue weighted by molar-refractivity contribution is 7.17. The number of carbonyl (C=O) groups excluding carboxylic acids is 1. The van der Waals surface area contributed by atoms with E-state index in [0.29, 0.717) is 37.0 Å². The standard InChI is InChI=1S/C23H29ClN6O2S/c1-13-14(2)33-23-20(13)21(16-4-6-17(24)7-5-16)29-18(22(27)30(23)15(3)26)12-19(31)28-9-11-32-10-8-25/h4-7,18,26-27H,8-12,25H2,1-3H3,(H,28,31)/t18-/m0/s1.